The summed E-state index contributed by atoms with van der Waals surface area (Å²) in [5.41, 5.74) is 0.124. The Morgan fingerprint density at radius 1 is 1.41 bits per heavy atom. The van der Waals surface area contributed by atoms with Gasteiger partial charge in [0.2, 0.25) is 0 Å². The Kier molecular flexibility index (Phi) is 6.39. The highest BCUT2D eigenvalue weighted by Gasteiger charge is 2.23. The maximum Gasteiger partial charge on any atom is 0.196 e. The molecule has 118 valence electrons. The second-order valence-electron chi connectivity index (χ2n) is 4.99. The smallest absolute Gasteiger partial charge is 0.196 e. The van der Waals surface area contributed by atoms with Gasteiger partial charge in [0.1, 0.15) is 0 Å². The minimum absolute atomic E-state index is 0.109. The quantitative estimate of drug-likeness (QED) is 0.505. The highest BCUT2D eigenvalue weighted by atomic mass is 16.3. The summed E-state index contributed by atoms with van der Waals surface area (Å²) in [6, 6.07) is 6.48. The number of para-hydroxylation sites is 1. The number of ketones is 1. The molecule has 1 atom stereocenters. The van der Waals surface area contributed by atoms with Gasteiger partial charge in [-0.15, -0.1) is 0 Å². The molecule has 1 aromatic carbocycles. The van der Waals surface area contributed by atoms with Crippen LogP contribution in [0.1, 0.15) is 26.7 Å². The molecule has 0 saturated carbocycles. The topological polar surface area (TPSA) is 108 Å². The normalized spacial score (nSPS) is 11.5. The highest BCUT2D eigenvalue weighted by Crippen LogP contribution is 2.35. The number of nitrogens with one attached hydrogen (secondary N) is 1. The van der Waals surface area contributed by atoms with E-state index in [0.717, 1.165) is 6.42 Å². The number of nitrogens with zero attached hydrogens (tertiary/aromatic N) is 2. The Bertz CT molecular complexity index is 593. The minimum Gasteiger partial charge on any atom is -0.504 e. The van der Waals surface area contributed by atoms with Crippen molar-refractivity contribution in [1.29, 1.82) is 10.7 Å². The van der Waals surface area contributed by atoms with E-state index in [1.165, 1.54) is 6.07 Å². The van der Waals surface area contributed by atoms with Crippen LogP contribution in [0.3, 0.4) is 0 Å². The summed E-state index contributed by atoms with van der Waals surface area (Å²) in [5.74, 6) is -1.72. The van der Waals surface area contributed by atoms with Crippen LogP contribution in [-0.4, -0.2) is 34.8 Å². The Hall–Kier alpha value is -2.55. The first-order valence-corrected chi connectivity index (χ1v) is 7.23. The Balaban J connectivity index is 2.98. The number of benzene rings is 1. The van der Waals surface area contributed by atoms with Crippen molar-refractivity contribution in [3.05, 3.63) is 18.2 Å². The van der Waals surface area contributed by atoms with Gasteiger partial charge in [-0.1, -0.05) is 19.9 Å². The van der Waals surface area contributed by atoms with Gasteiger partial charge in [0.25, 0.3) is 0 Å². The van der Waals surface area contributed by atoms with Crippen LogP contribution in [0.25, 0.3) is 0 Å². The lowest BCUT2D eigenvalue weighted by Crippen LogP contribution is -2.36. The van der Waals surface area contributed by atoms with E-state index in [9.17, 15) is 15.0 Å². The second kappa shape index (κ2) is 8.03. The van der Waals surface area contributed by atoms with Crippen molar-refractivity contribution >= 4 is 17.2 Å². The van der Waals surface area contributed by atoms with Gasteiger partial charge in [-0.3, -0.25) is 4.79 Å². The molecule has 22 heavy (non-hydrogen) atoms. The fourth-order valence-corrected chi connectivity index (χ4v) is 2.14. The van der Waals surface area contributed by atoms with Crippen LogP contribution >= 0.6 is 0 Å². The first kappa shape index (κ1) is 17.5. The molecule has 0 aliphatic heterocycles. The number of anilines is 1. The van der Waals surface area contributed by atoms with Crippen molar-refractivity contribution in [1.82, 2.24) is 0 Å². The molecule has 0 aromatic heterocycles. The fraction of sp³-hybridized carbons (Fsp3) is 0.438. The number of nitriles is 1. The number of hydrogen-bond acceptors (Lipinski definition) is 6. The maximum atomic E-state index is 12.2. The summed E-state index contributed by atoms with van der Waals surface area (Å²) >= 11 is 0. The maximum absolute atomic E-state index is 12.2. The number of rotatable bonds is 8. The summed E-state index contributed by atoms with van der Waals surface area (Å²) in [6.07, 6.45) is 1.14. The fourth-order valence-electron chi connectivity index (χ4n) is 2.14. The van der Waals surface area contributed by atoms with E-state index in [-0.39, 0.29) is 23.8 Å². The molecular weight excluding hydrogens is 282 g/mol. The number of aromatic hydroxyl groups is 2. The largest absolute Gasteiger partial charge is 0.504 e. The third kappa shape index (κ3) is 3.98. The standard InChI is InChI=1S/C16H21N3O3/c1-3-8-19(12-6-5-7-13(20)16(12)22)10-14(21)15(18)11(4-2)9-17/h5-7,11,18,20,22H,3-4,8,10H2,1-2H3. The zero-order valence-electron chi connectivity index (χ0n) is 12.8. The van der Waals surface area contributed by atoms with Crippen molar-refractivity contribution in [3.8, 4) is 17.6 Å². The molecule has 0 fully saturated rings. The average molecular weight is 303 g/mol. The number of phenolic OH excluding ortho intramolecular Hbond substituents is 2. The van der Waals surface area contributed by atoms with Crippen LogP contribution in [0, 0.1) is 22.7 Å². The summed E-state index contributed by atoms with van der Waals surface area (Å²) in [5, 5.41) is 36.3. The van der Waals surface area contributed by atoms with Crippen LogP contribution in [0.2, 0.25) is 0 Å². The molecular formula is C16H21N3O3. The van der Waals surface area contributed by atoms with Gasteiger partial charge in [-0.2, -0.15) is 5.26 Å². The molecule has 1 unspecified atom stereocenters. The molecule has 1 aromatic rings. The minimum atomic E-state index is -0.714. The zero-order chi connectivity index (χ0) is 16.7. The molecule has 1 rings (SSSR count). The Labute approximate surface area is 130 Å². The molecule has 0 radical (unpaired) electrons. The van der Waals surface area contributed by atoms with Gasteiger partial charge in [-0.05, 0) is 25.0 Å². The molecule has 6 heteroatoms. The van der Waals surface area contributed by atoms with E-state index in [1.54, 1.807) is 24.0 Å². The molecule has 0 bridgehead atoms. The van der Waals surface area contributed by atoms with E-state index < -0.39 is 11.7 Å². The monoisotopic (exact) mass is 303 g/mol. The third-order valence-electron chi connectivity index (χ3n) is 3.38. The lowest BCUT2D eigenvalue weighted by atomic mass is 9.98. The van der Waals surface area contributed by atoms with Crippen molar-refractivity contribution in [2.75, 3.05) is 18.0 Å². The Morgan fingerprint density at radius 3 is 2.64 bits per heavy atom. The lowest BCUT2D eigenvalue weighted by molar-refractivity contribution is -0.112. The number of hydrogen-bond donors (Lipinski definition) is 3. The molecule has 0 aliphatic rings. The van der Waals surface area contributed by atoms with Crippen molar-refractivity contribution in [2.45, 2.75) is 26.7 Å². The van der Waals surface area contributed by atoms with Crippen LogP contribution in [0.4, 0.5) is 5.69 Å². The van der Waals surface area contributed by atoms with E-state index in [4.69, 9.17) is 10.7 Å². The lowest BCUT2D eigenvalue weighted by Gasteiger charge is -2.25. The SMILES string of the molecule is CCCN(CC(=O)C(=N)C(C#N)CC)c1cccc(O)c1O. The number of phenols is 2. The van der Waals surface area contributed by atoms with Crippen LogP contribution in [-0.2, 0) is 4.79 Å². The number of carbonyl (C=O) groups excluding carboxylic acids is 1. The molecule has 6 nitrogen and oxygen atoms in total. The summed E-state index contributed by atoms with van der Waals surface area (Å²) in [4.78, 5) is 13.8. The van der Waals surface area contributed by atoms with Gasteiger partial charge >= 0.3 is 0 Å². The van der Waals surface area contributed by atoms with Crippen molar-refractivity contribution in [2.24, 2.45) is 5.92 Å². The van der Waals surface area contributed by atoms with Crippen LogP contribution < -0.4 is 4.90 Å². The first-order chi connectivity index (χ1) is 10.5. The highest BCUT2D eigenvalue weighted by molar-refractivity contribution is 6.41. The zero-order valence-corrected chi connectivity index (χ0v) is 12.8. The van der Waals surface area contributed by atoms with Crippen LogP contribution in [0.5, 0.6) is 11.5 Å². The van der Waals surface area contributed by atoms with Gasteiger partial charge < -0.3 is 20.5 Å². The second-order valence-corrected chi connectivity index (χ2v) is 4.99. The number of Topliss-reactive ketones (excluding diaryl/α,β-unsaturated/α-hetero) is 1. The third-order valence-corrected chi connectivity index (χ3v) is 3.38. The van der Waals surface area contributed by atoms with Gasteiger partial charge in [0.05, 0.1) is 29.9 Å². The molecule has 0 amide bonds. The van der Waals surface area contributed by atoms with E-state index in [1.807, 2.05) is 13.0 Å². The Morgan fingerprint density at radius 2 is 2.09 bits per heavy atom. The van der Waals surface area contributed by atoms with E-state index >= 15 is 0 Å². The molecule has 0 saturated heterocycles. The van der Waals surface area contributed by atoms with Gasteiger partial charge in [0.15, 0.2) is 17.3 Å². The van der Waals surface area contributed by atoms with Crippen molar-refractivity contribution in [3.63, 3.8) is 0 Å². The average Bonchev–Trinajstić information content (AvgIpc) is 2.50. The summed E-state index contributed by atoms with van der Waals surface area (Å²) in [7, 11) is 0. The van der Waals surface area contributed by atoms with E-state index in [0.29, 0.717) is 18.7 Å². The number of carbonyl (C=O) groups is 1. The predicted octanol–water partition coefficient (Wildman–Crippen LogP) is 2.45. The van der Waals surface area contributed by atoms with Gasteiger partial charge in [-0.25, -0.2) is 0 Å². The van der Waals surface area contributed by atoms with E-state index in [2.05, 4.69) is 0 Å². The van der Waals surface area contributed by atoms with Crippen LogP contribution in [0.15, 0.2) is 18.2 Å². The van der Waals surface area contributed by atoms with Gasteiger partial charge in [0, 0.05) is 6.54 Å². The summed E-state index contributed by atoms with van der Waals surface area (Å²) in [6.45, 7) is 4.05. The predicted molar refractivity (Wildman–Crippen MR) is 84.4 cm³/mol. The molecule has 0 spiro atoms. The molecule has 0 aliphatic carbocycles. The first-order valence-electron chi connectivity index (χ1n) is 7.23. The summed E-state index contributed by atoms with van der Waals surface area (Å²) < 4.78 is 0. The molecule has 0 heterocycles. The molecule has 3 N–H and O–H groups in total. The van der Waals surface area contributed by atoms with Crippen molar-refractivity contribution < 1.29 is 15.0 Å².